The SMILES string of the molecule is CCCS(=O)(=O)N1CCC(C)C(N)C1. The zero-order valence-electron chi connectivity index (χ0n) is 8.94. The third kappa shape index (κ3) is 2.68. The van der Waals surface area contributed by atoms with Crippen molar-refractivity contribution in [2.75, 3.05) is 18.8 Å². The standard InChI is InChI=1S/C9H20N2O2S/c1-3-6-14(12,13)11-5-4-8(2)9(10)7-11/h8-9H,3-7,10H2,1-2H3. The van der Waals surface area contributed by atoms with Gasteiger partial charge in [-0.25, -0.2) is 12.7 Å². The molecular weight excluding hydrogens is 200 g/mol. The van der Waals surface area contributed by atoms with Crippen LogP contribution < -0.4 is 5.73 Å². The highest BCUT2D eigenvalue weighted by atomic mass is 32.2. The van der Waals surface area contributed by atoms with Gasteiger partial charge in [0.2, 0.25) is 10.0 Å². The molecule has 0 amide bonds. The summed E-state index contributed by atoms with van der Waals surface area (Å²) in [5.74, 6) is 0.678. The minimum atomic E-state index is -3.04. The van der Waals surface area contributed by atoms with E-state index in [1.54, 1.807) is 4.31 Å². The van der Waals surface area contributed by atoms with Crippen LogP contribution in [0.2, 0.25) is 0 Å². The maximum atomic E-state index is 11.7. The predicted molar refractivity (Wildman–Crippen MR) is 57.4 cm³/mol. The second-order valence-electron chi connectivity index (χ2n) is 4.10. The number of hydrogen-bond acceptors (Lipinski definition) is 3. The summed E-state index contributed by atoms with van der Waals surface area (Å²) in [5, 5.41) is 0. The smallest absolute Gasteiger partial charge is 0.214 e. The van der Waals surface area contributed by atoms with Gasteiger partial charge < -0.3 is 5.73 Å². The molecule has 0 spiro atoms. The molecule has 2 unspecified atom stereocenters. The zero-order chi connectivity index (χ0) is 10.8. The van der Waals surface area contributed by atoms with Crippen LogP contribution in [0.15, 0.2) is 0 Å². The molecule has 2 N–H and O–H groups in total. The second-order valence-corrected chi connectivity index (χ2v) is 6.19. The van der Waals surface area contributed by atoms with Crippen molar-refractivity contribution in [1.82, 2.24) is 4.31 Å². The zero-order valence-corrected chi connectivity index (χ0v) is 9.76. The first kappa shape index (κ1) is 11.9. The van der Waals surface area contributed by atoms with Crippen LogP contribution in [0, 0.1) is 5.92 Å². The van der Waals surface area contributed by atoms with Crippen LogP contribution in [-0.4, -0.2) is 37.6 Å². The summed E-state index contributed by atoms with van der Waals surface area (Å²) in [6, 6.07) is -0.00428. The van der Waals surface area contributed by atoms with Crippen LogP contribution in [0.25, 0.3) is 0 Å². The Morgan fingerprint density at radius 1 is 1.50 bits per heavy atom. The van der Waals surface area contributed by atoms with Crippen LogP contribution in [0.1, 0.15) is 26.7 Å². The van der Waals surface area contributed by atoms with E-state index in [0.717, 1.165) is 6.42 Å². The molecule has 0 aromatic carbocycles. The molecule has 0 saturated carbocycles. The third-order valence-electron chi connectivity index (χ3n) is 2.83. The lowest BCUT2D eigenvalue weighted by atomic mass is 9.96. The molecule has 1 aliphatic heterocycles. The molecule has 1 fully saturated rings. The summed E-state index contributed by atoms with van der Waals surface area (Å²) in [7, 11) is -3.04. The summed E-state index contributed by atoms with van der Waals surface area (Å²) in [5.41, 5.74) is 5.86. The van der Waals surface area contributed by atoms with Crippen LogP contribution in [0.3, 0.4) is 0 Å². The Morgan fingerprint density at radius 3 is 2.64 bits per heavy atom. The van der Waals surface area contributed by atoms with Crippen molar-refractivity contribution >= 4 is 10.0 Å². The molecule has 1 saturated heterocycles. The van der Waals surface area contributed by atoms with E-state index in [2.05, 4.69) is 6.92 Å². The molecule has 5 heteroatoms. The van der Waals surface area contributed by atoms with Gasteiger partial charge in [-0.3, -0.25) is 0 Å². The molecule has 14 heavy (non-hydrogen) atoms. The molecule has 1 rings (SSSR count). The lowest BCUT2D eigenvalue weighted by Crippen LogP contribution is -2.50. The maximum Gasteiger partial charge on any atom is 0.214 e. The molecule has 1 aliphatic rings. The van der Waals surface area contributed by atoms with Gasteiger partial charge in [0.15, 0.2) is 0 Å². The van der Waals surface area contributed by atoms with Crippen molar-refractivity contribution in [2.24, 2.45) is 11.7 Å². The van der Waals surface area contributed by atoms with Crippen molar-refractivity contribution in [2.45, 2.75) is 32.7 Å². The molecule has 1 heterocycles. The Labute approximate surface area is 86.5 Å². The normalized spacial score (nSPS) is 30.5. The minimum absolute atomic E-state index is 0.00428. The highest BCUT2D eigenvalue weighted by Gasteiger charge is 2.29. The fourth-order valence-electron chi connectivity index (χ4n) is 1.71. The molecule has 0 aromatic heterocycles. The Kier molecular flexibility index (Phi) is 3.92. The van der Waals surface area contributed by atoms with Crippen molar-refractivity contribution in [3.63, 3.8) is 0 Å². The Morgan fingerprint density at radius 2 is 2.14 bits per heavy atom. The van der Waals surface area contributed by atoms with E-state index in [-0.39, 0.29) is 11.8 Å². The van der Waals surface area contributed by atoms with Crippen molar-refractivity contribution in [1.29, 1.82) is 0 Å². The van der Waals surface area contributed by atoms with Crippen LogP contribution in [0.5, 0.6) is 0 Å². The van der Waals surface area contributed by atoms with E-state index in [1.165, 1.54) is 0 Å². The van der Waals surface area contributed by atoms with Crippen molar-refractivity contribution in [3.05, 3.63) is 0 Å². The number of nitrogens with two attached hydrogens (primary N) is 1. The maximum absolute atomic E-state index is 11.7. The van der Waals surface area contributed by atoms with Gasteiger partial charge in [0, 0.05) is 19.1 Å². The second kappa shape index (κ2) is 4.59. The van der Waals surface area contributed by atoms with Crippen molar-refractivity contribution < 1.29 is 8.42 Å². The van der Waals surface area contributed by atoms with Gasteiger partial charge in [-0.15, -0.1) is 0 Å². The van der Waals surface area contributed by atoms with Crippen molar-refractivity contribution in [3.8, 4) is 0 Å². The first-order valence-electron chi connectivity index (χ1n) is 5.20. The number of hydrogen-bond donors (Lipinski definition) is 1. The van der Waals surface area contributed by atoms with E-state index in [4.69, 9.17) is 5.73 Å². The Hall–Kier alpha value is -0.130. The first-order valence-corrected chi connectivity index (χ1v) is 6.81. The summed E-state index contributed by atoms with van der Waals surface area (Å²) in [4.78, 5) is 0. The fraction of sp³-hybridized carbons (Fsp3) is 1.00. The Bertz CT molecular complexity index is 277. The fourth-order valence-corrected chi connectivity index (χ4v) is 3.26. The van der Waals surface area contributed by atoms with Gasteiger partial charge in [-0.05, 0) is 18.8 Å². The third-order valence-corrected chi connectivity index (χ3v) is 4.88. The van der Waals surface area contributed by atoms with Gasteiger partial charge in [-0.2, -0.15) is 0 Å². The topological polar surface area (TPSA) is 63.4 Å². The number of sulfonamides is 1. The number of nitrogens with zero attached hydrogens (tertiary/aromatic N) is 1. The molecule has 0 aliphatic carbocycles. The molecule has 2 atom stereocenters. The highest BCUT2D eigenvalue weighted by molar-refractivity contribution is 7.89. The highest BCUT2D eigenvalue weighted by Crippen LogP contribution is 2.18. The summed E-state index contributed by atoms with van der Waals surface area (Å²) in [6.07, 6.45) is 1.55. The van der Waals surface area contributed by atoms with Gasteiger partial charge in [0.25, 0.3) is 0 Å². The van der Waals surface area contributed by atoms with Gasteiger partial charge in [-0.1, -0.05) is 13.8 Å². The number of piperidine rings is 1. The average Bonchev–Trinajstić information content (AvgIpc) is 2.09. The minimum Gasteiger partial charge on any atom is -0.326 e. The molecule has 0 radical (unpaired) electrons. The monoisotopic (exact) mass is 220 g/mol. The Balaban J connectivity index is 2.63. The lowest BCUT2D eigenvalue weighted by molar-refractivity contribution is 0.253. The molecule has 0 bridgehead atoms. The van der Waals surface area contributed by atoms with Gasteiger partial charge in [0.1, 0.15) is 0 Å². The lowest BCUT2D eigenvalue weighted by Gasteiger charge is -2.34. The van der Waals surface area contributed by atoms with Crippen LogP contribution >= 0.6 is 0 Å². The van der Waals surface area contributed by atoms with E-state index < -0.39 is 10.0 Å². The molecular formula is C9H20N2O2S. The van der Waals surface area contributed by atoms with Gasteiger partial charge in [0.05, 0.1) is 5.75 Å². The first-order chi connectivity index (χ1) is 6.47. The largest absolute Gasteiger partial charge is 0.326 e. The van der Waals surface area contributed by atoms with E-state index in [9.17, 15) is 8.42 Å². The average molecular weight is 220 g/mol. The summed E-state index contributed by atoms with van der Waals surface area (Å²) >= 11 is 0. The van der Waals surface area contributed by atoms with E-state index in [0.29, 0.717) is 25.4 Å². The van der Waals surface area contributed by atoms with Crippen LogP contribution in [0.4, 0.5) is 0 Å². The van der Waals surface area contributed by atoms with Crippen LogP contribution in [-0.2, 0) is 10.0 Å². The van der Waals surface area contributed by atoms with Gasteiger partial charge >= 0.3 is 0 Å². The summed E-state index contributed by atoms with van der Waals surface area (Å²) < 4.78 is 25.0. The molecule has 0 aromatic rings. The predicted octanol–water partition coefficient (Wildman–Crippen LogP) is 0.395. The number of rotatable bonds is 3. The summed E-state index contributed by atoms with van der Waals surface area (Å²) in [6.45, 7) is 5.08. The molecule has 84 valence electrons. The quantitative estimate of drug-likeness (QED) is 0.748. The van der Waals surface area contributed by atoms with E-state index in [1.807, 2.05) is 6.92 Å². The molecule has 4 nitrogen and oxygen atoms in total. The van der Waals surface area contributed by atoms with E-state index >= 15 is 0 Å².